The molecule has 11 heteroatoms. The molecule has 1 aliphatic rings. The lowest BCUT2D eigenvalue weighted by Crippen LogP contribution is -3.13. The van der Waals surface area contributed by atoms with Crippen molar-refractivity contribution in [1.29, 1.82) is 0 Å². The summed E-state index contributed by atoms with van der Waals surface area (Å²) in [5.74, 6) is 0.478. The number of aromatic nitrogens is 1. The summed E-state index contributed by atoms with van der Waals surface area (Å²) in [5, 5.41) is 23.1. The molecule has 3 aromatic rings. The number of carbonyl (C=O) groups is 1. The number of methoxy groups -OCH3 is 2. The van der Waals surface area contributed by atoms with Gasteiger partial charge >= 0.3 is 5.91 Å². The van der Waals surface area contributed by atoms with Gasteiger partial charge in [0.2, 0.25) is 5.88 Å². The third kappa shape index (κ3) is 5.76. The second-order valence-electron chi connectivity index (χ2n) is 7.85. The summed E-state index contributed by atoms with van der Waals surface area (Å²) in [6, 6.07) is 12.7. The van der Waals surface area contributed by atoms with Gasteiger partial charge in [0, 0.05) is 10.9 Å². The number of azo groups is 1. The van der Waals surface area contributed by atoms with E-state index in [2.05, 4.69) is 15.4 Å². The van der Waals surface area contributed by atoms with Gasteiger partial charge in [-0.2, -0.15) is 0 Å². The Balaban J connectivity index is 1.40. The minimum Gasteiger partial charge on any atom is -0.493 e. The Morgan fingerprint density at radius 3 is 2.69 bits per heavy atom. The van der Waals surface area contributed by atoms with Crippen LogP contribution in [0.4, 0.5) is 5.69 Å². The topological polar surface area (TPSA) is 121 Å². The predicted molar refractivity (Wildman–Crippen MR) is 128 cm³/mol. The van der Waals surface area contributed by atoms with E-state index in [0.717, 1.165) is 18.6 Å². The molecule has 1 aliphatic heterocycles. The van der Waals surface area contributed by atoms with E-state index >= 15 is 0 Å². The fraction of sp³-hybridized carbons (Fsp3) is 0.333. The minimum absolute atomic E-state index is 0.0332. The summed E-state index contributed by atoms with van der Waals surface area (Å²) in [6.45, 7) is 3.23. The second-order valence-corrected chi connectivity index (χ2v) is 7.85. The molecule has 1 amide bonds. The Morgan fingerprint density at radius 2 is 1.91 bits per heavy atom. The zero-order chi connectivity index (χ0) is 24.6. The molecule has 0 saturated carbocycles. The maximum Gasteiger partial charge on any atom is 0.304 e. The first-order chi connectivity index (χ1) is 17.1. The zero-order valence-electron chi connectivity index (χ0n) is 19.6. The normalized spacial score (nSPS) is 14.7. The third-order valence-electron chi connectivity index (χ3n) is 5.63. The van der Waals surface area contributed by atoms with E-state index in [1.165, 1.54) is 18.2 Å². The number of hydrogen-bond donors (Lipinski definition) is 2. The number of oxime groups is 1. The lowest BCUT2D eigenvalue weighted by Gasteiger charge is -2.24. The van der Waals surface area contributed by atoms with Crippen LogP contribution in [0.1, 0.15) is 5.56 Å². The number of nitrogens with one attached hydrogen (secondary N) is 1. The largest absolute Gasteiger partial charge is 0.493 e. The van der Waals surface area contributed by atoms with E-state index in [4.69, 9.17) is 19.0 Å². The highest BCUT2D eigenvalue weighted by Gasteiger charge is 2.21. The van der Waals surface area contributed by atoms with Crippen LogP contribution in [-0.2, 0) is 21.0 Å². The third-order valence-corrected chi connectivity index (χ3v) is 5.63. The van der Waals surface area contributed by atoms with Gasteiger partial charge in [-0.25, -0.2) is 0 Å². The predicted octanol–water partition coefficient (Wildman–Crippen LogP) is 1.90. The summed E-state index contributed by atoms with van der Waals surface area (Å²) in [6.07, 6.45) is 1.44. The number of para-hydroxylation sites is 1. The first kappa shape index (κ1) is 24.2. The molecule has 0 unspecified atom stereocenters. The van der Waals surface area contributed by atoms with E-state index in [-0.39, 0.29) is 11.6 Å². The van der Waals surface area contributed by atoms with E-state index in [1.807, 2.05) is 24.3 Å². The second kappa shape index (κ2) is 11.4. The molecule has 4 rings (SSSR count). The fourth-order valence-electron chi connectivity index (χ4n) is 3.83. The van der Waals surface area contributed by atoms with Crippen LogP contribution in [0.3, 0.4) is 0 Å². The number of amides is 1. The summed E-state index contributed by atoms with van der Waals surface area (Å²) in [4.78, 5) is 18.5. The standard InChI is InChI=1S/C24H27N5O6/c1-32-20-8-7-17(13-21(20)33-2)14-25-35-15-22(30)26-27-23-18-5-3-4-6-19(18)29(24(23)31)16-28-9-11-34-12-10-28/h3-8,13-14,31H,9-12,15-16H2,1-2H3/p+1/b25-14-,27-26?. The highest BCUT2D eigenvalue weighted by molar-refractivity contribution is 5.95. The Labute approximate surface area is 202 Å². The van der Waals surface area contributed by atoms with Crippen molar-refractivity contribution in [3.63, 3.8) is 0 Å². The number of aromatic hydroxyl groups is 1. The number of hydrogen-bond acceptors (Lipinski definition) is 8. The van der Waals surface area contributed by atoms with E-state index in [0.29, 0.717) is 42.3 Å². The highest BCUT2D eigenvalue weighted by Crippen LogP contribution is 2.38. The van der Waals surface area contributed by atoms with Crippen molar-refractivity contribution in [2.45, 2.75) is 6.67 Å². The lowest BCUT2D eigenvalue weighted by atomic mass is 10.2. The van der Waals surface area contributed by atoms with Gasteiger partial charge in [-0.3, -0.25) is 9.36 Å². The summed E-state index contributed by atoms with van der Waals surface area (Å²) in [5.41, 5.74) is 1.77. The monoisotopic (exact) mass is 482 g/mol. The number of benzene rings is 2. The van der Waals surface area contributed by atoms with Crippen LogP contribution in [-0.4, -0.2) is 68.9 Å². The quantitative estimate of drug-likeness (QED) is 0.273. The lowest BCUT2D eigenvalue weighted by molar-refractivity contribution is -0.930. The molecule has 35 heavy (non-hydrogen) atoms. The van der Waals surface area contributed by atoms with Crippen molar-refractivity contribution in [2.24, 2.45) is 15.4 Å². The molecule has 11 nitrogen and oxygen atoms in total. The molecule has 0 atom stereocenters. The molecule has 0 bridgehead atoms. The van der Waals surface area contributed by atoms with Crippen molar-refractivity contribution in [2.75, 3.05) is 47.1 Å². The smallest absolute Gasteiger partial charge is 0.304 e. The number of fused-ring (bicyclic) bond motifs is 1. The van der Waals surface area contributed by atoms with Crippen LogP contribution >= 0.6 is 0 Å². The summed E-state index contributed by atoms with van der Waals surface area (Å²) >= 11 is 0. The van der Waals surface area contributed by atoms with Gasteiger partial charge in [0.05, 0.1) is 39.2 Å². The van der Waals surface area contributed by atoms with Gasteiger partial charge in [-0.05, 0) is 24.3 Å². The highest BCUT2D eigenvalue weighted by atomic mass is 16.6. The summed E-state index contributed by atoms with van der Waals surface area (Å²) in [7, 11) is 3.09. The van der Waals surface area contributed by atoms with Crippen molar-refractivity contribution >= 4 is 28.7 Å². The van der Waals surface area contributed by atoms with Crippen LogP contribution in [0.15, 0.2) is 57.8 Å². The van der Waals surface area contributed by atoms with E-state index in [9.17, 15) is 9.90 Å². The Morgan fingerprint density at radius 1 is 1.14 bits per heavy atom. The van der Waals surface area contributed by atoms with Crippen molar-refractivity contribution in [3.8, 4) is 17.4 Å². The average Bonchev–Trinajstić information content (AvgIpc) is 3.16. The molecule has 0 spiro atoms. The molecule has 1 aromatic heterocycles. The number of ether oxygens (including phenoxy) is 3. The van der Waals surface area contributed by atoms with E-state index < -0.39 is 12.5 Å². The molecular weight excluding hydrogens is 454 g/mol. The Kier molecular flexibility index (Phi) is 7.91. The van der Waals surface area contributed by atoms with Crippen molar-refractivity contribution < 1.29 is 33.8 Å². The fourth-order valence-corrected chi connectivity index (χ4v) is 3.83. The van der Waals surface area contributed by atoms with Crippen LogP contribution in [0, 0.1) is 0 Å². The molecule has 0 radical (unpaired) electrons. The maximum absolute atomic E-state index is 12.2. The molecule has 2 aromatic carbocycles. The number of quaternary nitrogens is 1. The van der Waals surface area contributed by atoms with Gasteiger partial charge in [-0.1, -0.05) is 23.4 Å². The molecule has 2 N–H and O–H groups in total. The van der Waals surface area contributed by atoms with Crippen molar-refractivity contribution in [3.05, 3.63) is 48.0 Å². The average molecular weight is 483 g/mol. The summed E-state index contributed by atoms with van der Waals surface area (Å²) < 4.78 is 17.6. The van der Waals surface area contributed by atoms with Gasteiger partial charge < -0.3 is 29.1 Å². The zero-order valence-corrected chi connectivity index (χ0v) is 19.6. The SMILES string of the molecule is COc1ccc(/C=N\OCC(=O)N=Nc2c(O)n(C[NH+]3CCOCC3)c3ccccc23)cc1OC. The first-order valence-electron chi connectivity index (χ1n) is 11.1. The molecule has 1 saturated heterocycles. The number of carbonyl (C=O) groups excluding carboxylic acids is 1. The van der Waals surface area contributed by atoms with Crippen LogP contribution < -0.4 is 14.4 Å². The molecular formula is C24H28N5O6+. The van der Waals surface area contributed by atoms with Gasteiger partial charge in [0.25, 0.3) is 0 Å². The van der Waals surface area contributed by atoms with Crippen molar-refractivity contribution in [1.82, 2.24) is 4.57 Å². The molecule has 0 aliphatic carbocycles. The van der Waals surface area contributed by atoms with Gasteiger partial charge in [0.15, 0.2) is 30.5 Å². The van der Waals surface area contributed by atoms with Gasteiger partial charge in [-0.15, -0.1) is 10.2 Å². The Hall–Kier alpha value is -3.96. The molecule has 184 valence electrons. The van der Waals surface area contributed by atoms with Gasteiger partial charge in [0.1, 0.15) is 13.1 Å². The molecule has 1 fully saturated rings. The maximum atomic E-state index is 12.2. The number of rotatable bonds is 9. The van der Waals surface area contributed by atoms with Crippen LogP contribution in [0.25, 0.3) is 10.9 Å². The van der Waals surface area contributed by atoms with Crippen LogP contribution in [0.5, 0.6) is 17.4 Å². The number of nitrogens with zero attached hydrogens (tertiary/aromatic N) is 4. The number of morpholine rings is 1. The first-order valence-corrected chi connectivity index (χ1v) is 11.1. The minimum atomic E-state index is -0.635. The Bertz CT molecular complexity index is 1230. The van der Waals surface area contributed by atoms with E-state index in [1.54, 1.807) is 29.9 Å². The van der Waals surface area contributed by atoms with Crippen LogP contribution in [0.2, 0.25) is 0 Å². The molecule has 2 heterocycles.